The Balaban J connectivity index is 2.82. The number of aromatic amines is 1. The van der Waals surface area contributed by atoms with E-state index in [1.807, 2.05) is 0 Å². The highest BCUT2D eigenvalue weighted by atomic mass is 16.5. The number of rotatable bonds is 4. The minimum Gasteiger partial charge on any atom is -0.393 e. The third kappa shape index (κ3) is 2.46. The lowest BCUT2D eigenvalue weighted by atomic mass is 10.4. The Hall–Kier alpha value is -1.56. The Bertz CT molecular complexity index is 407. The Morgan fingerprint density at radius 2 is 2.29 bits per heavy atom. The Labute approximate surface area is 80.3 Å². The molecule has 14 heavy (non-hydrogen) atoms. The maximum absolute atomic E-state index is 11.2. The number of aromatic nitrogens is 2. The van der Waals surface area contributed by atoms with Gasteiger partial charge < -0.3 is 10.5 Å². The molecule has 3 N–H and O–H groups in total. The van der Waals surface area contributed by atoms with E-state index in [0.717, 1.165) is 0 Å². The average Bonchev–Trinajstić information content (AvgIpc) is 2.14. The van der Waals surface area contributed by atoms with Crippen LogP contribution in [0.3, 0.4) is 0 Å². The van der Waals surface area contributed by atoms with Crippen LogP contribution >= 0.6 is 0 Å². The van der Waals surface area contributed by atoms with E-state index in [1.54, 1.807) is 7.11 Å². The molecule has 1 heterocycles. The van der Waals surface area contributed by atoms with Crippen LogP contribution in [0.4, 0.5) is 5.69 Å². The lowest BCUT2D eigenvalue weighted by molar-refractivity contribution is 0.190. The molecule has 1 aromatic rings. The van der Waals surface area contributed by atoms with E-state index in [-0.39, 0.29) is 5.69 Å². The molecule has 0 spiro atoms. The van der Waals surface area contributed by atoms with Crippen LogP contribution in [0.1, 0.15) is 6.42 Å². The molecule has 0 aliphatic heterocycles. The molecular weight excluding hydrogens is 186 g/mol. The smallest absolute Gasteiger partial charge is 0.328 e. The van der Waals surface area contributed by atoms with Gasteiger partial charge in [0.2, 0.25) is 0 Å². The summed E-state index contributed by atoms with van der Waals surface area (Å²) in [7, 11) is 1.59. The first kappa shape index (κ1) is 10.5. The molecule has 6 nitrogen and oxygen atoms in total. The zero-order valence-corrected chi connectivity index (χ0v) is 7.95. The van der Waals surface area contributed by atoms with E-state index in [9.17, 15) is 9.59 Å². The first-order valence-electron chi connectivity index (χ1n) is 4.23. The molecule has 0 fully saturated rings. The van der Waals surface area contributed by atoms with Gasteiger partial charge in [0.05, 0.1) is 0 Å². The number of nitrogens with two attached hydrogens (primary N) is 1. The van der Waals surface area contributed by atoms with Crippen LogP contribution in [0.15, 0.2) is 15.8 Å². The van der Waals surface area contributed by atoms with Crippen LogP contribution in [0.25, 0.3) is 0 Å². The van der Waals surface area contributed by atoms with Gasteiger partial charge in [0.25, 0.3) is 5.56 Å². The molecule has 0 aliphatic rings. The zero-order chi connectivity index (χ0) is 10.6. The third-order valence-corrected chi connectivity index (χ3v) is 1.79. The molecule has 1 aromatic heterocycles. The largest absolute Gasteiger partial charge is 0.393 e. The number of nitrogens with zero attached hydrogens (tertiary/aromatic N) is 1. The maximum Gasteiger partial charge on any atom is 0.328 e. The molecule has 1 rings (SSSR count). The number of aryl methyl sites for hydroxylation is 1. The lowest BCUT2D eigenvalue weighted by Crippen LogP contribution is -2.31. The molecular formula is C8H13N3O3. The van der Waals surface area contributed by atoms with Crippen LogP contribution in [-0.4, -0.2) is 23.3 Å². The summed E-state index contributed by atoms with van der Waals surface area (Å²) >= 11 is 0. The van der Waals surface area contributed by atoms with Gasteiger partial charge in [-0.25, -0.2) is 4.79 Å². The second-order valence-corrected chi connectivity index (χ2v) is 2.88. The second kappa shape index (κ2) is 4.61. The van der Waals surface area contributed by atoms with Gasteiger partial charge in [-0.15, -0.1) is 0 Å². The molecule has 0 atom stereocenters. The van der Waals surface area contributed by atoms with Gasteiger partial charge in [0.15, 0.2) is 0 Å². The third-order valence-electron chi connectivity index (χ3n) is 1.79. The van der Waals surface area contributed by atoms with Crippen molar-refractivity contribution in [1.82, 2.24) is 9.55 Å². The summed E-state index contributed by atoms with van der Waals surface area (Å²) in [6.45, 7) is 1.04. The van der Waals surface area contributed by atoms with Gasteiger partial charge in [-0.2, -0.15) is 0 Å². The van der Waals surface area contributed by atoms with Crippen LogP contribution in [0.5, 0.6) is 0 Å². The fourth-order valence-corrected chi connectivity index (χ4v) is 1.07. The van der Waals surface area contributed by atoms with Crippen molar-refractivity contribution in [2.75, 3.05) is 19.5 Å². The topological polar surface area (TPSA) is 90.1 Å². The number of nitrogen functional groups attached to an aromatic ring is 1. The lowest BCUT2D eigenvalue weighted by Gasteiger charge is -2.04. The van der Waals surface area contributed by atoms with Gasteiger partial charge in [-0.05, 0) is 6.42 Å². The van der Waals surface area contributed by atoms with E-state index < -0.39 is 11.2 Å². The predicted molar refractivity (Wildman–Crippen MR) is 52.2 cm³/mol. The van der Waals surface area contributed by atoms with Gasteiger partial charge in [0, 0.05) is 26.5 Å². The molecule has 0 saturated carbocycles. The standard InChI is InChI=1S/C8H13N3O3/c1-14-4-2-3-11-5-6(9)7(12)10-8(11)13/h5H,2-4,9H2,1H3,(H,10,12,13). The van der Waals surface area contributed by atoms with Crippen molar-refractivity contribution in [3.8, 4) is 0 Å². The van der Waals surface area contributed by atoms with Crippen molar-refractivity contribution in [3.05, 3.63) is 27.0 Å². The average molecular weight is 199 g/mol. The van der Waals surface area contributed by atoms with E-state index in [2.05, 4.69) is 4.98 Å². The molecule has 6 heteroatoms. The summed E-state index contributed by atoms with van der Waals surface area (Å²) in [6, 6.07) is 0. The van der Waals surface area contributed by atoms with Gasteiger partial charge >= 0.3 is 5.69 Å². The van der Waals surface area contributed by atoms with Crippen molar-refractivity contribution in [2.24, 2.45) is 0 Å². The molecule has 0 saturated heterocycles. The van der Waals surface area contributed by atoms with Crippen LogP contribution in [-0.2, 0) is 11.3 Å². The van der Waals surface area contributed by atoms with E-state index in [0.29, 0.717) is 19.6 Å². The Kier molecular flexibility index (Phi) is 3.47. The number of ether oxygens (including phenoxy) is 1. The van der Waals surface area contributed by atoms with Crippen molar-refractivity contribution < 1.29 is 4.74 Å². The summed E-state index contributed by atoms with van der Waals surface area (Å²) in [6.07, 6.45) is 2.04. The number of hydrogen-bond donors (Lipinski definition) is 2. The van der Waals surface area contributed by atoms with Gasteiger partial charge in [-0.3, -0.25) is 14.3 Å². The summed E-state index contributed by atoms with van der Waals surface area (Å²) in [4.78, 5) is 24.2. The summed E-state index contributed by atoms with van der Waals surface area (Å²) in [5.74, 6) is 0. The van der Waals surface area contributed by atoms with Crippen LogP contribution < -0.4 is 17.0 Å². The summed E-state index contributed by atoms with van der Waals surface area (Å²) < 4.78 is 6.20. The van der Waals surface area contributed by atoms with Crippen molar-refractivity contribution in [1.29, 1.82) is 0 Å². The van der Waals surface area contributed by atoms with Gasteiger partial charge in [-0.1, -0.05) is 0 Å². The molecule has 0 aliphatic carbocycles. The molecule has 0 radical (unpaired) electrons. The van der Waals surface area contributed by atoms with E-state index >= 15 is 0 Å². The van der Waals surface area contributed by atoms with Crippen LogP contribution in [0.2, 0.25) is 0 Å². The number of methoxy groups -OCH3 is 1. The monoisotopic (exact) mass is 199 g/mol. The Morgan fingerprint density at radius 3 is 2.93 bits per heavy atom. The second-order valence-electron chi connectivity index (χ2n) is 2.88. The molecule has 0 amide bonds. The SMILES string of the molecule is COCCCn1cc(N)c(=O)[nH]c1=O. The van der Waals surface area contributed by atoms with Crippen molar-refractivity contribution in [3.63, 3.8) is 0 Å². The minimum absolute atomic E-state index is 0.0435. The molecule has 0 unspecified atom stereocenters. The number of nitrogens with one attached hydrogen (secondary N) is 1. The summed E-state index contributed by atoms with van der Waals surface area (Å²) in [5, 5.41) is 0. The zero-order valence-electron chi connectivity index (χ0n) is 7.95. The Morgan fingerprint density at radius 1 is 1.57 bits per heavy atom. The predicted octanol–water partition coefficient (Wildman–Crippen LogP) is -0.845. The molecule has 0 aromatic carbocycles. The maximum atomic E-state index is 11.2. The fourth-order valence-electron chi connectivity index (χ4n) is 1.07. The number of H-pyrrole nitrogens is 1. The first-order valence-corrected chi connectivity index (χ1v) is 4.23. The highest BCUT2D eigenvalue weighted by molar-refractivity contribution is 5.30. The fraction of sp³-hybridized carbons (Fsp3) is 0.500. The highest BCUT2D eigenvalue weighted by Crippen LogP contribution is 1.90. The number of hydrogen-bond acceptors (Lipinski definition) is 4. The van der Waals surface area contributed by atoms with E-state index in [1.165, 1.54) is 10.8 Å². The normalized spacial score (nSPS) is 10.4. The number of anilines is 1. The van der Waals surface area contributed by atoms with E-state index in [4.69, 9.17) is 10.5 Å². The molecule has 0 bridgehead atoms. The summed E-state index contributed by atoms with van der Waals surface area (Å²) in [5.41, 5.74) is 4.41. The van der Waals surface area contributed by atoms with Crippen LogP contribution in [0, 0.1) is 0 Å². The van der Waals surface area contributed by atoms with Gasteiger partial charge in [0.1, 0.15) is 5.69 Å². The van der Waals surface area contributed by atoms with Crippen molar-refractivity contribution >= 4 is 5.69 Å². The first-order chi connectivity index (χ1) is 6.65. The quantitative estimate of drug-likeness (QED) is 0.618. The minimum atomic E-state index is -0.544. The highest BCUT2D eigenvalue weighted by Gasteiger charge is 2.00. The molecule has 78 valence electrons. The van der Waals surface area contributed by atoms with Crippen molar-refractivity contribution in [2.45, 2.75) is 13.0 Å².